The lowest BCUT2D eigenvalue weighted by Gasteiger charge is -2.23. The first-order valence-corrected chi connectivity index (χ1v) is 9.12. The smallest absolute Gasteiger partial charge is 0.324 e. The van der Waals surface area contributed by atoms with Gasteiger partial charge in [0.2, 0.25) is 11.7 Å². The Labute approximate surface area is 178 Å². The van der Waals surface area contributed by atoms with Crippen LogP contribution in [0.4, 0.5) is 20.6 Å². The standard InChI is InChI=1S/C18H13Cl2FN4O5/c1-18(11-4-2-9(19)6-12(11)20)16(27)24(17(28)23-18)8-15(26)22-10-3-5-13(21)14(7-10)25(29)30/h2-7H,8H2,1H3,(H,22,26)(H,23,28)/t18-/m1/s1. The molecule has 2 aromatic carbocycles. The van der Waals surface area contributed by atoms with Gasteiger partial charge < -0.3 is 10.6 Å². The number of anilines is 1. The van der Waals surface area contributed by atoms with Crippen molar-refractivity contribution in [3.8, 4) is 0 Å². The Balaban J connectivity index is 1.78. The SMILES string of the molecule is C[C@]1(c2ccc(Cl)cc2Cl)NC(=O)N(CC(=O)Nc2ccc(F)c([N+](=O)[O-])c2)C1=O. The molecule has 4 amide bonds. The van der Waals surface area contributed by atoms with E-state index in [0.717, 1.165) is 18.2 Å². The fourth-order valence-corrected chi connectivity index (χ4v) is 3.59. The number of nitrogens with one attached hydrogen (secondary N) is 2. The first-order valence-electron chi connectivity index (χ1n) is 8.36. The number of carbonyl (C=O) groups excluding carboxylic acids is 3. The molecule has 156 valence electrons. The Kier molecular flexibility index (Phi) is 5.64. The molecule has 9 nitrogen and oxygen atoms in total. The number of amides is 4. The van der Waals surface area contributed by atoms with Crippen LogP contribution in [0.1, 0.15) is 12.5 Å². The van der Waals surface area contributed by atoms with Crippen molar-refractivity contribution in [2.45, 2.75) is 12.5 Å². The molecule has 0 saturated carbocycles. The van der Waals surface area contributed by atoms with Crippen molar-refractivity contribution >= 4 is 52.4 Å². The second-order valence-electron chi connectivity index (χ2n) is 6.54. The summed E-state index contributed by atoms with van der Waals surface area (Å²) in [5.41, 5.74) is -2.12. The molecule has 0 aromatic heterocycles. The highest BCUT2D eigenvalue weighted by Crippen LogP contribution is 2.35. The predicted molar refractivity (Wildman–Crippen MR) is 106 cm³/mol. The minimum atomic E-state index is -1.52. The van der Waals surface area contributed by atoms with Crippen LogP contribution in [0.5, 0.6) is 0 Å². The molecular weight excluding hydrogens is 442 g/mol. The van der Waals surface area contributed by atoms with Gasteiger partial charge in [0.05, 0.1) is 4.92 Å². The maximum atomic E-state index is 13.4. The molecule has 0 spiro atoms. The van der Waals surface area contributed by atoms with E-state index >= 15 is 0 Å². The lowest BCUT2D eigenvalue weighted by molar-refractivity contribution is -0.387. The van der Waals surface area contributed by atoms with E-state index in [1.807, 2.05) is 0 Å². The highest BCUT2D eigenvalue weighted by Gasteiger charge is 2.50. The van der Waals surface area contributed by atoms with Gasteiger partial charge in [0.15, 0.2) is 0 Å². The van der Waals surface area contributed by atoms with Crippen LogP contribution in [0.25, 0.3) is 0 Å². The average Bonchev–Trinajstić information content (AvgIpc) is 2.86. The number of nitrogens with zero attached hydrogens (tertiary/aromatic N) is 2. The summed E-state index contributed by atoms with van der Waals surface area (Å²) in [6, 6.07) is 6.35. The number of nitro groups is 1. The number of urea groups is 1. The molecule has 2 aromatic rings. The molecule has 1 heterocycles. The molecule has 0 aliphatic carbocycles. The van der Waals surface area contributed by atoms with Crippen molar-refractivity contribution in [3.63, 3.8) is 0 Å². The largest absolute Gasteiger partial charge is 0.325 e. The molecule has 0 bridgehead atoms. The first kappa shape index (κ1) is 21.5. The number of halogens is 3. The Morgan fingerprint density at radius 3 is 2.60 bits per heavy atom. The summed E-state index contributed by atoms with van der Waals surface area (Å²) in [7, 11) is 0. The van der Waals surface area contributed by atoms with Gasteiger partial charge in [0, 0.05) is 27.4 Å². The zero-order valence-electron chi connectivity index (χ0n) is 15.2. The number of rotatable bonds is 5. The zero-order chi connectivity index (χ0) is 22.2. The van der Waals surface area contributed by atoms with Gasteiger partial charge in [-0.05, 0) is 31.2 Å². The second-order valence-corrected chi connectivity index (χ2v) is 7.39. The minimum Gasteiger partial charge on any atom is -0.324 e. The van der Waals surface area contributed by atoms with E-state index in [1.54, 1.807) is 0 Å². The van der Waals surface area contributed by atoms with Crippen LogP contribution in [-0.2, 0) is 15.1 Å². The summed E-state index contributed by atoms with van der Waals surface area (Å²) in [4.78, 5) is 48.1. The molecule has 1 atom stereocenters. The summed E-state index contributed by atoms with van der Waals surface area (Å²) in [6.07, 6.45) is 0. The Morgan fingerprint density at radius 2 is 1.97 bits per heavy atom. The van der Waals surface area contributed by atoms with Crippen molar-refractivity contribution in [2.75, 3.05) is 11.9 Å². The first-order chi connectivity index (χ1) is 14.0. The van der Waals surface area contributed by atoms with Gasteiger partial charge in [-0.2, -0.15) is 4.39 Å². The van der Waals surface area contributed by atoms with Crippen LogP contribution in [0.15, 0.2) is 36.4 Å². The minimum absolute atomic E-state index is 0.0661. The van der Waals surface area contributed by atoms with Crippen LogP contribution in [0.2, 0.25) is 10.0 Å². The van der Waals surface area contributed by atoms with E-state index in [0.29, 0.717) is 15.5 Å². The number of imide groups is 1. The Morgan fingerprint density at radius 1 is 1.27 bits per heavy atom. The van der Waals surface area contributed by atoms with Crippen LogP contribution in [0, 0.1) is 15.9 Å². The van der Waals surface area contributed by atoms with Gasteiger partial charge >= 0.3 is 11.7 Å². The van der Waals surface area contributed by atoms with Crippen molar-refractivity contribution in [1.29, 1.82) is 0 Å². The van der Waals surface area contributed by atoms with Gasteiger partial charge in [-0.1, -0.05) is 29.3 Å². The molecular formula is C18H13Cl2FN4O5. The fourth-order valence-electron chi connectivity index (χ4n) is 2.99. The number of hydrogen-bond donors (Lipinski definition) is 2. The number of benzene rings is 2. The van der Waals surface area contributed by atoms with E-state index in [1.165, 1.54) is 25.1 Å². The van der Waals surface area contributed by atoms with E-state index in [4.69, 9.17) is 23.2 Å². The normalized spacial score (nSPS) is 18.3. The van der Waals surface area contributed by atoms with Crippen LogP contribution in [-0.4, -0.2) is 34.2 Å². The van der Waals surface area contributed by atoms with Gasteiger partial charge in [0.25, 0.3) is 5.91 Å². The molecule has 12 heteroatoms. The van der Waals surface area contributed by atoms with Crippen LogP contribution in [0.3, 0.4) is 0 Å². The van der Waals surface area contributed by atoms with Crippen LogP contribution < -0.4 is 10.6 Å². The molecule has 0 unspecified atom stereocenters. The maximum absolute atomic E-state index is 13.4. The molecule has 1 aliphatic heterocycles. The number of carbonyl (C=O) groups is 3. The zero-order valence-corrected chi connectivity index (χ0v) is 16.8. The Bertz CT molecular complexity index is 1100. The van der Waals surface area contributed by atoms with Gasteiger partial charge in [-0.15, -0.1) is 0 Å². The van der Waals surface area contributed by atoms with Gasteiger partial charge in [-0.25, -0.2) is 4.79 Å². The predicted octanol–water partition coefficient (Wildman–Crippen LogP) is 3.45. The Hall–Kier alpha value is -3.24. The summed E-state index contributed by atoms with van der Waals surface area (Å²) in [5.74, 6) is -2.61. The number of nitro benzene ring substituents is 1. The lowest BCUT2D eigenvalue weighted by atomic mass is 9.92. The van der Waals surface area contributed by atoms with Crippen LogP contribution >= 0.6 is 23.2 Å². The quantitative estimate of drug-likeness (QED) is 0.407. The van der Waals surface area contributed by atoms with E-state index in [2.05, 4.69) is 10.6 Å². The average molecular weight is 455 g/mol. The maximum Gasteiger partial charge on any atom is 0.325 e. The van der Waals surface area contributed by atoms with Crippen molar-refractivity contribution in [2.24, 2.45) is 0 Å². The third kappa shape index (κ3) is 3.91. The van der Waals surface area contributed by atoms with Crippen molar-refractivity contribution < 1.29 is 23.7 Å². The van der Waals surface area contributed by atoms with Crippen molar-refractivity contribution in [1.82, 2.24) is 10.2 Å². The fraction of sp³-hybridized carbons (Fsp3) is 0.167. The molecule has 30 heavy (non-hydrogen) atoms. The molecule has 3 rings (SSSR count). The summed E-state index contributed by atoms with van der Waals surface area (Å²) in [5, 5.41) is 16.1. The molecule has 1 aliphatic rings. The van der Waals surface area contributed by atoms with Gasteiger partial charge in [-0.3, -0.25) is 24.6 Å². The monoisotopic (exact) mass is 454 g/mol. The third-order valence-corrected chi connectivity index (χ3v) is 5.02. The molecule has 1 fully saturated rings. The summed E-state index contributed by atoms with van der Waals surface area (Å²) < 4.78 is 13.4. The highest BCUT2D eigenvalue weighted by molar-refractivity contribution is 6.35. The van der Waals surface area contributed by atoms with E-state index in [9.17, 15) is 28.9 Å². The second kappa shape index (κ2) is 7.88. The lowest BCUT2D eigenvalue weighted by Crippen LogP contribution is -2.42. The van der Waals surface area contributed by atoms with Gasteiger partial charge in [0.1, 0.15) is 12.1 Å². The summed E-state index contributed by atoms with van der Waals surface area (Å²) in [6.45, 7) is 0.764. The molecule has 0 radical (unpaired) electrons. The van der Waals surface area contributed by atoms with Crippen molar-refractivity contribution in [3.05, 3.63) is 67.9 Å². The van der Waals surface area contributed by atoms with E-state index < -0.39 is 46.4 Å². The third-order valence-electron chi connectivity index (χ3n) is 4.47. The topological polar surface area (TPSA) is 122 Å². The number of hydrogen-bond acceptors (Lipinski definition) is 5. The molecule has 1 saturated heterocycles. The van der Waals surface area contributed by atoms with E-state index in [-0.39, 0.29) is 10.7 Å². The highest BCUT2D eigenvalue weighted by atomic mass is 35.5. The molecule has 2 N–H and O–H groups in total. The summed E-state index contributed by atoms with van der Waals surface area (Å²) >= 11 is 12.0.